The highest BCUT2D eigenvalue weighted by atomic mass is 16.6. The minimum atomic E-state index is -0.250. The highest BCUT2D eigenvalue weighted by Gasteiger charge is 2.29. The molecule has 0 radical (unpaired) electrons. The van der Waals surface area contributed by atoms with E-state index in [0.29, 0.717) is 26.2 Å². The van der Waals surface area contributed by atoms with Crippen molar-refractivity contribution in [2.75, 3.05) is 77.5 Å². The molecule has 2 heterocycles. The number of hydrogen-bond donors (Lipinski definition) is 1. The largest absolute Gasteiger partial charge is 0.495 e. The van der Waals surface area contributed by atoms with Crippen molar-refractivity contribution < 1.29 is 24.0 Å². The van der Waals surface area contributed by atoms with Crippen LogP contribution in [0.25, 0.3) is 0 Å². The Morgan fingerprint density at radius 1 is 1.00 bits per heavy atom. The van der Waals surface area contributed by atoms with Crippen LogP contribution in [0, 0.1) is 0 Å². The molecule has 154 valence electrons. The van der Waals surface area contributed by atoms with Crippen LogP contribution in [0.2, 0.25) is 0 Å². The second kappa shape index (κ2) is 9.64. The van der Waals surface area contributed by atoms with Gasteiger partial charge in [-0.25, -0.2) is 4.79 Å². The molecule has 28 heavy (non-hydrogen) atoms. The van der Waals surface area contributed by atoms with E-state index in [1.165, 1.54) is 4.90 Å². The number of benzene rings is 1. The average molecular weight is 391 g/mol. The maximum atomic E-state index is 12.7. The molecule has 0 saturated carbocycles. The monoisotopic (exact) mass is 391 g/mol. The van der Waals surface area contributed by atoms with E-state index in [4.69, 9.17) is 9.47 Å². The summed E-state index contributed by atoms with van der Waals surface area (Å²) in [5.74, 6) is 1.06. The number of nitrogens with one attached hydrogen (secondary N) is 1. The minimum absolute atomic E-state index is 0.194. The number of ether oxygens (including phenoxy) is 2. The molecule has 0 atom stereocenters. The van der Waals surface area contributed by atoms with Crippen LogP contribution in [0.4, 0.5) is 10.5 Å². The summed E-state index contributed by atoms with van der Waals surface area (Å²) in [6.45, 7) is 8.60. The molecule has 3 rings (SSSR count). The van der Waals surface area contributed by atoms with E-state index >= 15 is 0 Å². The molecule has 2 aliphatic rings. The minimum Gasteiger partial charge on any atom is -0.495 e. The van der Waals surface area contributed by atoms with Crippen LogP contribution in [-0.2, 0) is 9.53 Å². The van der Waals surface area contributed by atoms with E-state index in [2.05, 4.69) is 11.0 Å². The third-order valence-electron chi connectivity index (χ3n) is 5.46. The van der Waals surface area contributed by atoms with Crippen molar-refractivity contribution in [3.05, 3.63) is 24.3 Å². The SMILES string of the molecule is CCOC(=O)N1CC[NH+](CC(=O)N2CCN(c3ccccc3OC)CC2)CC1. The predicted octanol–water partition coefficient (Wildman–Crippen LogP) is -0.299. The van der Waals surface area contributed by atoms with Crippen molar-refractivity contribution in [1.82, 2.24) is 9.80 Å². The van der Waals surface area contributed by atoms with Crippen molar-refractivity contribution in [1.29, 1.82) is 0 Å². The fourth-order valence-corrected chi connectivity index (χ4v) is 3.81. The number of hydrogen-bond acceptors (Lipinski definition) is 5. The number of quaternary nitrogens is 1. The van der Waals surface area contributed by atoms with Crippen molar-refractivity contribution in [3.8, 4) is 5.75 Å². The van der Waals surface area contributed by atoms with Gasteiger partial charge in [-0.05, 0) is 19.1 Å². The molecule has 0 unspecified atom stereocenters. The van der Waals surface area contributed by atoms with E-state index < -0.39 is 0 Å². The zero-order valence-corrected chi connectivity index (χ0v) is 16.9. The molecule has 2 aliphatic heterocycles. The number of piperazine rings is 2. The Kier molecular flexibility index (Phi) is 6.97. The summed E-state index contributed by atoms with van der Waals surface area (Å²) in [6.07, 6.45) is -0.250. The van der Waals surface area contributed by atoms with Gasteiger partial charge in [0.05, 0.1) is 45.6 Å². The maximum Gasteiger partial charge on any atom is 0.410 e. The summed E-state index contributed by atoms with van der Waals surface area (Å²) < 4.78 is 10.5. The molecular formula is C20H31N4O4+. The lowest BCUT2D eigenvalue weighted by atomic mass is 10.2. The third kappa shape index (κ3) is 4.86. The van der Waals surface area contributed by atoms with E-state index in [1.54, 1.807) is 12.0 Å². The van der Waals surface area contributed by atoms with Gasteiger partial charge in [0.25, 0.3) is 5.91 Å². The molecule has 0 aliphatic carbocycles. The third-order valence-corrected chi connectivity index (χ3v) is 5.46. The first-order chi connectivity index (χ1) is 13.6. The average Bonchev–Trinajstić information content (AvgIpc) is 2.74. The van der Waals surface area contributed by atoms with Gasteiger partial charge in [-0.15, -0.1) is 0 Å². The Balaban J connectivity index is 1.44. The fourth-order valence-electron chi connectivity index (χ4n) is 3.81. The van der Waals surface area contributed by atoms with Gasteiger partial charge in [0.1, 0.15) is 5.75 Å². The van der Waals surface area contributed by atoms with Crippen LogP contribution in [-0.4, -0.2) is 94.4 Å². The van der Waals surface area contributed by atoms with Crippen LogP contribution in [0.3, 0.4) is 0 Å². The van der Waals surface area contributed by atoms with Crippen LogP contribution >= 0.6 is 0 Å². The Bertz CT molecular complexity index is 668. The van der Waals surface area contributed by atoms with Crippen molar-refractivity contribution in [3.63, 3.8) is 0 Å². The molecule has 0 spiro atoms. The van der Waals surface area contributed by atoms with Crippen molar-refractivity contribution in [2.45, 2.75) is 6.92 Å². The Morgan fingerprint density at radius 2 is 1.68 bits per heavy atom. The summed E-state index contributed by atoms with van der Waals surface area (Å²) in [5, 5.41) is 0. The highest BCUT2D eigenvalue weighted by Crippen LogP contribution is 2.28. The van der Waals surface area contributed by atoms with Crippen LogP contribution in [0.1, 0.15) is 6.92 Å². The Hall–Kier alpha value is -2.48. The smallest absolute Gasteiger partial charge is 0.410 e. The number of amides is 2. The lowest BCUT2D eigenvalue weighted by molar-refractivity contribution is -0.896. The molecule has 2 fully saturated rings. The molecule has 0 bridgehead atoms. The number of carbonyl (C=O) groups excluding carboxylic acids is 2. The summed E-state index contributed by atoms with van der Waals surface area (Å²) in [7, 11) is 1.68. The van der Waals surface area contributed by atoms with Gasteiger partial charge < -0.3 is 24.2 Å². The zero-order chi connectivity index (χ0) is 19.9. The predicted molar refractivity (Wildman–Crippen MR) is 106 cm³/mol. The number of carbonyl (C=O) groups is 2. The molecule has 8 heteroatoms. The van der Waals surface area contributed by atoms with Gasteiger partial charge >= 0.3 is 6.09 Å². The van der Waals surface area contributed by atoms with Gasteiger partial charge in [0.15, 0.2) is 6.54 Å². The lowest BCUT2D eigenvalue weighted by Crippen LogP contribution is -3.15. The number of methoxy groups -OCH3 is 1. The summed E-state index contributed by atoms with van der Waals surface area (Å²) in [6, 6.07) is 8.00. The lowest BCUT2D eigenvalue weighted by Gasteiger charge is -2.37. The summed E-state index contributed by atoms with van der Waals surface area (Å²) >= 11 is 0. The van der Waals surface area contributed by atoms with E-state index in [1.807, 2.05) is 30.0 Å². The normalized spacial score (nSPS) is 18.1. The summed E-state index contributed by atoms with van der Waals surface area (Å²) in [5.41, 5.74) is 1.08. The first-order valence-electron chi connectivity index (χ1n) is 10.0. The number of nitrogens with zero attached hydrogens (tertiary/aromatic N) is 3. The second-order valence-electron chi connectivity index (χ2n) is 7.15. The van der Waals surface area contributed by atoms with E-state index in [9.17, 15) is 9.59 Å². The van der Waals surface area contributed by atoms with Gasteiger partial charge in [0, 0.05) is 26.2 Å². The van der Waals surface area contributed by atoms with Crippen molar-refractivity contribution in [2.24, 2.45) is 0 Å². The van der Waals surface area contributed by atoms with Crippen molar-refractivity contribution >= 4 is 17.7 Å². The Morgan fingerprint density at radius 3 is 2.32 bits per heavy atom. The summed E-state index contributed by atoms with van der Waals surface area (Å²) in [4.78, 5) is 31.7. The Labute approximate surface area is 166 Å². The van der Waals surface area contributed by atoms with Gasteiger partial charge in [-0.1, -0.05) is 12.1 Å². The van der Waals surface area contributed by atoms with Crippen LogP contribution in [0.5, 0.6) is 5.75 Å². The molecular weight excluding hydrogens is 360 g/mol. The second-order valence-corrected chi connectivity index (χ2v) is 7.15. The van der Waals surface area contributed by atoms with Crippen LogP contribution in [0.15, 0.2) is 24.3 Å². The first kappa shape index (κ1) is 20.3. The van der Waals surface area contributed by atoms with Gasteiger partial charge in [-0.2, -0.15) is 0 Å². The topological polar surface area (TPSA) is 66.8 Å². The van der Waals surface area contributed by atoms with E-state index in [0.717, 1.165) is 50.7 Å². The quantitative estimate of drug-likeness (QED) is 0.747. The van der Waals surface area contributed by atoms with Crippen LogP contribution < -0.4 is 14.5 Å². The molecule has 2 saturated heterocycles. The molecule has 2 amide bonds. The molecule has 0 aromatic heterocycles. The maximum absolute atomic E-state index is 12.7. The van der Waals surface area contributed by atoms with Gasteiger partial charge in [-0.3, -0.25) is 9.69 Å². The zero-order valence-electron chi connectivity index (χ0n) is 16.9. The number of anilines is 1. The molecule has 8 nitrogen and oxygen atoms in total. The molecule has 1 aromatic rings. The van der Waals surface area contributed by atoms with Gasteiger partial charge in [0.2, 0.25) is 0 Å². The standard InChI is InChI=1S/C20H30N4O4/c1-3-28-20(26)24-10-8-21(9-11-24)16-19(25)23-14-12-22(13-15-23)17-6-4-5-7-18(17)27-2/h4-7H,3,8-16H2,1-2H3/p+1. The molecule has 1 aromatic carbocycles. The first-order valence-corrected chi connectivity index (χ1v) is 10.0. The highest BCUT2D eigenvalue weighted by molar-refractivity contribution is 5.77. The fraction of sp³-hybridized carbons (Fsp3) is 0.600. The number of para-hydroxylation sites is 2. The van der Waals surface area contributed by atoms with E-state index in [-0.39, 0.29) is 12.0 Å². The number of rotatable bonds is 5. The molecule has 1 N–H and O–H groups in total.